The fraction of sp³-hybridized carbons (Fsp3) is 0.588. The minimum Gasteiger partial charge on any atom is -0.342 e. The van der Waals surface area contributed by atoms with Crippen LogP contribution in [0.15, 0.2) is 24.5 Å². The molecule has 0 bridgehead atoms. The van der Waals surface area contributed by atoms with Gasteiger partial charge in [0, 0.05) is 44.5 Å². The van der Waals surface area contributed by atoms with Crippen LogP contribution >= 0.6 is 0 Å². The third-order valence-electron chi connectivity index (χ3n) is 4.71. The SMILES string of the molecule is O=C(c1cccnc1)N1CCC(C(=O)N2CCCCC2)CC1. The standard InChI is InChI=1S/C17H23N3O2/c21-16(19-9-2-1-3-10-19)14-6-11-20(12-7-14)17(22)15-5-4-8-18-13-15/h4-5,8,13-14H,1-3,6-7,9-12H2. The van der Waals surface area contributed by atoms with Gasteiger partial charge in [-0.2, -0.15) is 0 Å². The van der Waals surface area contributed by atoms with Crippen molar-refractivity contribution in [2.45, 2.75) is 32.1 Å². The fourth-order valence-electron chi connectivity index (χ4n) is 3.37. The molecule has 3 heterocycles. The summed E-state index contributed by atoms with van der Waals surface area (Å²) in [6, 6.07) is 3.57. The van der Waals surface area contributed by atoms with Gasteiger partial charge in [0.2, 0.25) is 5.91 Å². The lowest BCUT2D eigenvalue weighted by Gasteiger charge is -2.35. The lowest BCUT2D eigenvalue weighted by atomic mass is 9.94. The smallest absolute Gasteiger partial charge is 0.255 e. The highest BCUT2D eigenvalue weighted by Gasteiger charge is 2.30. The van der Waals surface area contributed by atoms with E-state index in [-0.39, 0.29) is 11.8 Å². The monoisotopic (exact) mass is 301 g/mol. The van der Waals surface area contributed by atoms with Gasteiger partial charge in [-0.15, -0.1) is 0 Å². The van der Waals surface area contributed by atoms with Gasteiger partial charge >= 0.3 is 0 Å². The van der Waals surface area contributed by atoms with Gasteiger partial charge in [0.15, 0.2) is 0 Å². The first-order valence-electron chi connectivity index (χ1n) is 8.24. The zero-order valence-electron chi connectivity index (χ0n) is 12.9. The Hall–Kier alpha value is -1.91. The van der Waals surface area contributed by atoms with Gasteiger partial charge in [0.1, 0.15) is 0 Å². The number of pyridine rings is 1. The van der Waals surface area contributed by atoms with E-state index in [4.69, 9.17) is 0 Å². The second-order valence-electron chi connectivity index (χ2n) is 6.19. The van der Waals surface area contributed by atoms with E-state index in [2.05, 4.69) is 4.98 Å². The maximum Gasteiger partial charge on any atom is 0.255 e. The molecule has 0 aromatic carbocycles. The van der Waals surface area contributed by atoms with Crippen LogP contribution in [-0.2, 0) is 4.79 Å². The summed E-state index contributed by atoms with van der Waals surface area (Å²) in [5.41, 5.74) is 0.628. The third-order valence-corrected chi connectivity index (χ3v) is 4.71. The first-order valence-corrected chi connectivity index (χ1v) is 8.24. The van der Waals surface area contributed by atoms with Gasteiger partial charge in [0.05, 0.1) is 5.56 Å². The minimum atomic E-state index is 0.0250. The number of hydrogen-bond acceptors (Lipinski definition) is 3. The van der Waals surface area contributed by atoms with Crippen molar-refractivity contribution in [1.82, 2.24) is 14.8 Å². The number of carbonyl (C=O) groups excluding carboxylic acids is 2. The van der Waals surface area contributed by atoms with Gasteiger partial charge in [-0.05, 0) is 44.2 Å². The van der Waals surface area contributed by atoms with Crippen molar-refractivity contribution in [2.75, 3.05) is 26.2 Å². The predicted molar refractivity (Wildman–Crippen MR) is 83.3 cm³/mol. The summed E-state index contributed by atoms with van der Waals surface area (Å²) in [4.78, 5) is 32.7. The van der Waals surface area contributed by atoms with Crippen LogP contribution in [0.25, 0.3) is 0 Å². The quantitative estimate of drug-likeness (QED) is 0.839. The molecule has 0 radical (unpaired) electrons. The minimum absolute atomic E-state index is 0.0250. The number of carbonyl (C=O) groups is 2. The molecule has 5 nitrogen and oxygen atoms in total. The maximum absolute atomic E-state index is 12.5. The van der Waals surface area contributed by atoms with Crippen LogP contribution in [0.5, 0.6) is 0 Å². The molecular formula is C17H23N3O2. The van der Waals surface area contributed by atoms with Crippen LogP contribution in [0.3, 0.4) is 0 Å². The Morgan fingerprint density at radius 3 is 2.36 bits per heavy atom. The summed E-state index contributed by atoms with van der Waals surface area (Å²) in [5, 5.41) is 0. The molecule has 0 N–H and O–H groups in total. The molecule has 1 aromatic rings. The largest absolute Gasteiger partial charge is 0.342 e. The van der Waals surface area contributed by atoms with Gasteiger partial charge < -0.3 is 9.80 Å². The van der Waals surface area contributed by atoms with Crippen LogP contribution in [0.4, 0.5) is 0 Å². The Kier molecular flexibility index (Phi) is 4.71. The number of piperidine rings is 2. The number of nitrogens with zero attached hydrogens (tertiary/aromatic N) is 3. The highest BCUT2D eigenvalue weighted by Crippen LogP contribution is 2.22. The van der Waals surface area contributed by atoms with Crippen LogP contribution in [0, 0.1) is 5.92 Å². The van der Waals surface area contributed by atoms with Crippen molar-refractivity contribution in [1.29, 1.82) is 0 Å². The molecule has 2 fully saturated rings. The number of amides is 2. The van der Waals surface area contributed by atoms with Gasteiger partial charge in [0.25, 0.3) is 5.91 Å². The Labute approximate surface area is 131 Å². The second-order valence-corrected chi connectivity index (χ2v) is 6.19. The molecule has 0 unspecified atom stereocenters. The van der Waals surface area contributed by atoms with Gasteiger partial charge in [-0.25, -0.2) is 0 Å². The summed E-state index contributed by atoms with van der Waals surface area (Å²) < 4.78 is 0. The molecule has 0 spiro atoms. The normalized spacial score (nSPS) is 20.0. The van der Waals surface area contributed by atoms with Crippen molar-refractivity contribution < 1.29 is 9.59 Å². The zero-order chi connectivity index (χ0) is 15.4. The number of likely N-dealkylation sites (tertiary alicyclic amines) is 2. The summed E-state index contributed by atoms with van der Waals surface area (Å²) >= 11 is 0. The molecule has 3 rings (SSSR count). The van der Waals surface area contributed by atoms with E-state index in [1.165, 1.54) is 6.42 Å². The molecule has 0 aliphatic carbocycles. The highest BCUT2D eigenvalue weighted by molar-refractivity contribution is 5.94. The average Bonchev–Trinajstić information content (AvgIpc) is 2.62. The van der Waals surface area contributed by atoms with E-state index in [0.29, 0.717) is 24.6 Å². The Morgan fingerprint density at radius 2 is 1.73 bits per heavy atom. The van der Waals surface area contributed by atoms with E-state index in [0.717, 1.165) is 38.8 Å². The number of rotatable bonds is 2. The Balaban J connectivity index is 1.54. The lowest BCUT2D eigenvalue weighted by Crippen LogP contribution is -2.45. The molecule has 5 heteroatoms. The molecule has 2 aliphatic rings. The molecule has 0 saturated carbocycles. The predicted octanol–water partition coefficient (Wildman–Crippen LogP) is 1.95. The van der Waals surface area contributed by atoms with E-state index in [1.807, 2.05) is 9.80 Å². The van der Waals surface area contributed by atoms with Gasteiger partial charge in [-0.3, -0.25) is 14.6 Å². The van der Waals surface area contributed by atoms with Crippen molar-refractivity contribution in [3.63, 3.8) is 0 Å². The van der Waals surface area contributed by atoms with E-state index >= 15 is 0 Å². The van der Waals surface area contributed by atoms with Crippen LogP contribution in [-0.4, -0.2) is 52.8 Å². The Morgan fingerprint density at radius 1 is 1.00 bits per heavy atom. The molecule has 0 atom stereocenters. The van der Waals surface area contributed by atoms with E-state index < -0.39 is 0 Å². The zero-order valence-corrected chi connectivity index (χ0v) is 12.9. The molecular weight excluding hydrogens is 278 g/mol. The second kappa shape index (κ2) is 6.90. The molecule has 2 aliphatic heterocycles. The molecule has 118 valence electrons. The highest BCUT2D eigenvalue weighted by atomic mass is 16.2. The summed E-state index contributed by atoms with van der Waals surface area (Å²) in [6.07, 6.45) is 8.33. The van der Waals surface area contributed by atoms with Crippen molar-refractivity contribution in [2.24, 2.45) is 5.92 Å². The first kappa shape index (κ1) is 15.0. The van der Waals surface area contributed by atoms with E-state index in [9.17, 15) is 9.59 Å². The Bertz CT molecular complexity index is 518. The molecule has 2 amide bonds. The van der Waals surface area contributed by atoms with Crippen molar-refractivity contribution in [3.8, 4) is 0 Å². The van der Waals surface area contributed by atoms with Crippen LogP contribution in [0.1, 0.15) is 42.5 Å². The molecule has 1 aromatic heterocycles. The topological polar surface area (TPSA) is 53.5 Å². The summed E-state index contributed by atoms with van der Waals surface area (Å²) in [6.45, 7) is 3.15. The maximum atomic E-state index is 12.5. The van der Waals surface area contributed by atoms with Gasteiger partial charge in [-0.1, -0.05) is 0 Å². The fourth-order valence-corrected chi connectivity index (χ4v) is 3.37. The number of aromatic nitrogens is 1. The first-order chi connectivity index (χ1) is 10.8. The lowest BCUT2D eigenvalue weighted by molar-refractivity contribution is -0.137. The summed E-state index contributed by atoms with van der Waals surface area (Å²) in [7, 11) is 0. The van der Waals surface area contributed by atoms with E-state index in [1.54, 1.807) is 24.5 Å². The van der Waals surface area contributed by atoms with Crippen LogP contribution in [0.2, 0.25) is 0 Å². The average molecular weight is 301 g/mol. The molecule has 2 saturated heterocycles. The van der Waals surface area contributed by atoms with Crippen molar-refractivity contribution >= 4 is 11.8 Å². The molecule has 22 heavy (non-hydrogen) atoms. The summed E-state index contributed by atoms with van der Waals surface area (Å²) in [5.74, 6) is 0.418. The van der Waals surface area contributed by atoms with Crippen LogP contribution < -0.4 is 0 Å². The number of hydrogen-bond donors (Lipinski definition) is 0. The van der Waals surface area contributed by atoms with Crippen molar-refractivity contribution in [3.05, 3.63) is 30.1 Å². The third kappa shape index (κ3) is 3.29.